The Morgan fingerprint density at radius 3 is 2.50 bits per heavy atom. The second-order valence-electron chi connectivity index (χ2n) is 3.32. The summed E-state index contributed by atoms with van der Waals surface area (Å²) in [5.74, 6) is -0.986. The predicted molar refractivity (Wildman–Crippen MR) is 61.0 cm³/mol. The molecule has 0 radical (unpaired) electrons. The Balaban J connectivity index is 2.43. The van der Waals surface area contributed by atoms with Gasteiger partial charge in [0.25, 0.3) is 0 Å². The number of benzene rings is 1. The molecule has 0 unspecified atom stereocenters. The van der Waals surface area contributed by atoms with Gasteiger partial charge in [-0.15, -0.1) is 0 Å². The Morgan fingerprint density at radius 1 is 1.19 bits per heavy atom. The molecular formula is C12H10N2O2. The van der Waals surface area contributed by atoms with Crippen LogP contribution in [0.25, 0.3) is 11.3 Å². The van der Waals surface area contributed by atoms with Crippen molar-refractivity contribution in [1.82, 2.24) is 4.98 Å². The van der Waals surface area contributed by atoms with E-state index >= 15 is 0 Å². The van der Waals surface area contributed by atoms with Crippen LogP contribution in [0.5, 0.6) is 0 Å². The molecule has 0 aliphatic carbocycles. The normalized spacial score (nSPS) is 10.0. The summed E-state index contributed by atoms with van der Waals surface area (Å²) in [6.45, 7) is 0. The molecule has 1 aromatic heterocycles. The van der Waals surface area contributed by atoms with Gasteiger partial charge in [0.2, 0.25) is 0 Å². The number of nitrogens with zero attached hydrogens (tertiary/aromatic N) is 1. The summed E-state index contributed by atoms with van der Waals surface area (Å²) in [6.07, 6.45) is 1.32. The van der Waals surface area contributed by atoms with Crippen LogP contribution in [0.2, 0.25) is 0 Å². The zero-order chi connectivity index (χ0) is 11.5. The standard InChI is InChI=1S/C12H10N2O2/c13-10-4-2-1-3-9(10)11-6-5-8(7-14-11)12(15)16/h1-7H,13H2,(H,15,16). The van der Waals surface area contributed by atoms with Crippen molar-refractivity contribution in [3.63, 3.8) is 0 Å². The summed E-state index contributed by atoms with van der Waals surface area (Å²) in [7, 11) is 0. The summed E-state index contributed by atoms with van der Waals surface area (Å²) in [4.78, 5) is 14.7. The van der Waals surface area contributed by atoms with Gasteiger partial charge in [0.1, 0.15) is 0 Å². The largest absolute Gasteiger partial charge is 0.478 e. The Hall–Kier alpha value is -2.36. The van der Waals surface area contributed by atoms with Gasteiger partial charge in [-0.1, -0.05) is 18.2 Å². The first-order valence-corrected chi connectivity index (χ1v) is 4.72. The Labute approximate surface area is 92.4 Å². The highest BCUT2D eigenvalue weighted by Gasteiger charge is 2.05. The number of aromatic carboxylic acids is 1. The number of rotatable bonds is 2. The lowest BCUT2D eigenvalue weighted by atomic mass is 10.1. The number of carboxylic acids is 1. The van der Waals surface area contributed by atoms with Crippen molar-refractivity contribution in [1.29, 1.82) is 0 Å². The van der Waals surface area contributed by atoms with Gasteiger partial charge in [-0.3, -0.25) is 4.98 Å². The van der Waals surface area contributed by atoms with Crippen LogP contribution >= 0.6 is 0 Å². The maximum absolute atomic E-state index is 10.7. The zero-order valence-corrected chi connectivity index (χ0v) is 8.42. The molecule has 1 aromatic carbocycles. The number of hydrogen-bond donors (Lipinski definition) is 2. The highest BCUT2D eigenvalue weighted by Crippen LogP contribution is 2.23. The number of aromatic nitrogens is 1. The van der Waals surface area contributed by atoms with E-state index in [4.69, 9.17) is 10.8 Å². The molecular weight excluding hydrogens is 204 g/mol. The van der Waals surface area contributed by atoms with Gasteiger partial charge in [-0.25, -0.2) is 4.79 Å². The third-order valence-electron chi connectivity index (χ3n) is 2.25. The van der Waals surface area contributed by atoms with E-state index in [1.54, 1.807) is 12.1 Å². The lowest BCUT2D eigenvalue weighted by Crippen LogP contribution is -1.98. The summed E-state index contributed by atoms with van der Waals surface area (Å²) < 4.78 is 0. The van der Waals surface area contributed by atoms with Crippen LogP contribution < -0.4 is 5.73 Å². The van der Waals surface area contributed by atoms with E-state index in [1.807, 2.05) is 18.2 Å². The first-order valence-electron chi connectivity index (χ1n) is 4.72. The van der Waals surface area contributed by atoms with E-state index in [-0.39, 0.29) is 5.56 Å². The molecule has 3 N–H and O–H groups in total. The molecule has 0 aliphatic heterocycles. The summed E-state index contributed by atoms with van der Waals surface area (Å²) in [6, 6.07) is 10.5. The SMILES string of the molecule is Nc1ccccc1-c1ccc(C(=O)O)cn1. The van der Waals surface area contributed by atoms with Crippen molar-refractivity contribution in [2.45, 2.75) is 0 Å². The van der Waals surface area contributed by atoms with E-state index in [1.165, 1.54) is 12.3 Å². The molecule has 0 fully saturated rings. The smallest absolute Gasteiger partial charge is 0.337 e. The van der Waals surface area contributed by atoms with Crippen LogP contribution in [-0.4, -0.2) is 16.1 Å². The Kier molecular flexibility index (Phi) is 2.55. The van der Waals surface area contributed by atoms with Crippen molar-refractivity contribution in [2.75, 3.05) is 5.73 Å². The minimum atomic E-state index is -0.986. The van der Waals surface area contributed by atoms with Gasteiger partial charge >= 0.3 is 5.97 Å². The average Bonchev–Trinajstić information content (AvgIpc) is 2.30. The highest BCUT2D eigenvalue weighted by molar-refractivity contribution is 5.87. The van der Waals surface area contributed by atoms with E-state index in [2.05, 4.69) is 4.98 Å². The van der Waals surface area contributed by atoms with E-state index in [0.29, 0.717) is 11.4 Å². The topological polar surface area (TPSA) is 76.2 Å². The van der Waals surface area contributed by atoms with Gasteiger partial charge in [0, 0.05) is 17.4 Å². The molecule has 0 saturated heterocycles. The molecule has 0 amide bonds. The van der Waals surface area contributed by atoms with E-state index < -0.39 is 5.97 Å². The van der Waals surface area contributed by atoms with Crippen LogP contribution in [0.15, 0.2) is 42.6 Å². The molecule has 0 bridgehead atoms. The van der Waals surface area contributed by atoms with Crippen LogP contribution in [0, 0.1) is 0 Å². The van der Waals surface area contributed by atoms with Gasteiger partial charge in [0.15, 0.2) is 0 Å². The van der Waals surface area contributed by atoms with Crippen LogP contribution in [0.1, 0.15) is 10.4 Å². The van der Waals surface area contributed by atoms with Crippen molar-refractivity contribution < 1.29 is 9.90 Å². The molecule has 2 rings (SSSR count). The van der Waals surface area contributed by atoms with Crippen molar-refractivity contribution in [3.8, 4) is 11.3 Å². The van der Waals surface area contributed by atoms with Crippen LogP contribution in [0.3, 0.4) is 0 Å². The van der Waals surface area contributed by atoms with Gasteiger partial charge in [-0.2, -0.15) is 0 Å². The Morgan fingerprint density at radius 2 is 1.94 bits per heavy atom. The van der Waals surface area contributed by atoms with E-state index in [0.717, 1.165) is 5.56 Å². The fourth-order valence-electron chi connectivity index (χ4n) is 1.41. The van der Waals surface area contributed by atoms with Crippen molar-refractivity contribution in [3.05, 3.63) is 48.2 Å². The van der Waals surface area contributed by atoms with Gasteiger partial charge in [-0.05, 0) is 18.2 Å². The number of carboxylic acid groups (broad SMARTS) is 1. The summed E-state index contributed by atoms with van der Waals surface area (Å²) >= 11 is 0. The molecule has 1 heterocycles. The third-order valence-corrected chi connectivity index (χ3v) is 2.25. The molecule has 80 valence electrons. The van der Waals surface area contributed by atoms with Gasteiger partial charge < -0.3 is 10.8 Å². The number of nitrogen functional groups attached to an aromatic ring is 1. The minimum Gasteiger partial charge on any atom is -0.478 e. The second kappa shape index (κ2) is 4.02. The zero-order valence-electron chi connectivity index (χ0n) is 8.42. The number of hydrogen-bond acceptors (Lipinski definition) is 3. The predicted octanol–water partition coefficient (Wildman–Crippen LogP) is 2.03. The molecule has 4 heteroatoms. The number of anilines is 1. The molecule has 0 spiro atoms. The second-order valence-corrected chi connectivity index (χ2v) is 3.32. The number of carbonyl (C=O) groups is 1. The summed E-state index contributed by atoms with van der Waals surface area (Å²) in [5.41, 5.74) is 8.06. The Bertz CT molecular complexity index is 521. The molecule has 0 saturated carbocycles. The average molecular weight is 214 g/mol. The molecule has 0 atom stereocenters. The molecule has 16 heavy (non-hydrogen) atoms. The molecule has 4 nitrogen and oxygen atoms in total. The van der Waals surface area contributed by atoms with Crippen molar-refractivity contribution >= 4 is 11.7 Å². The summed E-state index contributed by atoms with van der Waals surface area (Å²) in [5, 5.41) is 8.74. The van der Waals surface area contributed by atoms with E-state index in [9.17, 15) is 4.79 Å². The third kappa shape index (κ3) is 1.86. The van der Waals surface area contributed by atoms with Crippen LogP contribution in [-0.2, 0) is 0 Å². The quantitative estimate of drug-likeness (QED) is 0.750. The lowest BCUT2D eigenvalue weighted by molar-refractivity contribution is 0.0696. The highest BCUT2D eigenvalue weighted by atomic mass is 16.4. The first kappa shape index (κ1) is 10.2. The maximum atomic E-state index is 10.7. The monoisotopic (exact) mass is 214 g/mol. The minimum absolute atomic E-state index is 0.165. The lowest BCUT2D eigenvalue weighted by Gasteiger charge is -2.04. The first-order chi connectivity index (χ1) is 7.68. The fraction of sp³-hybridized carbons (Fsp3) is 0. The number of para-hydroxylation sites is 1. The van der Waals surface area contributed by atoms with Crippen LogP contribution in [0.4, 0.5) is 5.69 Å². The van der Waals surface area contributed by atoms with Crippen molar-refractivity contribution in [2.24, 2.45) is 0 Å². The number of pyridine rings is 1. The fourth-order valence-corrected chi connectivity index (χ4v) is 1.41. The maximum Gasteiger partial charge on any atom is 0.337 e. The molecule has 2 aromatic rings. The van der Waals surface area contributed by atoms with Gasteiger partial charge in [0.05, 0.1) is 11.3 Å². The molecule has 0 aliphatic rings. The number of nitrogens with two attached hydrogens (primary N) is 1.